The van der Waals surface area contributed by atoms with Crippen molar-refractivity contribution < 1.29 is 13.0 Å². The molecule has 0 aromatic heterocycles. The van der Waals surface area contributed by atoms with E-state index in [1.165, 1.54) is 11.1 Å². The molecule has 2 rings (SSSR count). The van der Waals surface area contributed by atoms with Crippen molar-refractivity contribution in [3.05, 3.63) is 60.7 Å². The summed E-state index contributed by atoms with van der Waals surface area (Å²) in [5.41, 5.74) is 2.55. The lowest BCUT2D eigenvalue weighted by Gasteiger charge is -1.98. The first-order chi connectivity index (χ1) is 7.97. The largest absolute Gasteiger partial charge is 0.344 e. The van der Waals surface area contributed by atoms with Gasteiger partial charge in [-0.2, -0.15) is 8.42 Å². The Morgan fingerprint density at radius 1 is 0.778 bits per heavy atom. The van der Waals surface area contributed by atoms with Crippen LogP contribution < -0.4 is 11.3 Å². The second-order valence-electron chi connectivity index (χ2n) is 3.25. The SMILES string of the molecule is N.NS(=O)(=O)O.c1ccc(-c2ccccc2)cc1. The van der Waals surface area contributed by atoms with Gasteiger partial charge in [-0.05, 0) is 11.1 Å². The van der Waals surface area contributed by atoms with Crippen LogP contribution in [-0.4, -0.2) is 13.0 Å². The molecule has 0 fully saturated rings. The van der Waals surface area contributed by atoms with Gasteiger partial charge in [-0.25, -0.2) is 5.14 Å². The first-order valence-electron chi connectivity index (χ1n) is 4.82. The van der Waals surface area contributed by atoms with Gasteiger partial charge in [0.2, 0.25) is 0 Å². The van der Waals surface area contributed by atoms with Crippen molar-refractivity contribution in [2.24, 2.45) is 5.14 Å². The van der Waals surface area contributed by atoms with Crippen LogP contribution in [0, 0.1) is 0 Å². The highest BCUT2D eigenvalue weighted by Gasteiger charge is 1.91. The second-order valence-corrected chi connectivity index (χ2v) is 4.28. The zero-order valence-electron chi connectivity index (χ0n) is 9.73. The maximum atomic E-state index is 8.97. The molecule has 0 radical (unpaired) electrons. The molecule has 0 bridgehead atoms. The summed E-state index contributed by atoms with van der Waals surface area (Å²) in [6.07, 6.45) is 0. The van der Waals surface area contributed by atoms with Gasteiger partial charge in [0, 0.05) is 0 Å². The summed E-state index contributed by atoms with van der Waals surface area (Å²) in [4.78, 5) is 0. The molecule has 6 N–H and O–H groups in total. The van der Waals surface area contributed by atoms with Crippen molar-refractivity contribution in [2.45, 2.75) is 0 Å². The van der Waals surface area contributed by atoms with Crippen LogP contribution in [0.1, 0.15) is 0 Å². The molecule has 0 spiro atoms. The van der Waals surface area contributed by atoms with E-state index in [1.54, 1.807) is 0 Å². The highest BCUT2D eigenvalue weighted by molar-refractivity contribution is 7.83. The molecule has 0 unspecified atom stereocenters. The summed E-state index contributed by atoms with van der Waals surface area (Å²) in [7, 11) is -4.17. The summed E-state index contributed by atoms with van der Waals surface area (Å²) < 4.78 is 25.2. The van der Waals surface area contributed by atoms with Gasteiger partial charge in [0.15, 0.2) is 0 Å². The monoisotopic (exact) mass is 268 g/mol. The molecule has 18 heavy (non-hydrogen) atoms. The minimum atomic E-state index is -4.17. The van der Waals surface area contributed by atoms with Gasteiger partial charge >= 0.3 is 10.3 Å². The standard InChI is InChI=1S/C12H10.H3NO3S.H3N/c1-3-7-11(8-4-1)12-9-5-2-6-10-12;1-5(2,3)4;/h1-10H;(H3,1,2,3,4);1H3. The summed E-state index contributed by atoms with van der Waals surface area (Å²) in [6.45, 7) is 0. The lowest BCUT2D eigenvalue weighted by atomic mass is 10.1. The predicted octanol–water partition coefficient (Wildman–Crippen LogP) is 2.26. The zero-order chi connectivity index (χ0) is 12.7. The van der Waals surface area contributed by atoms with E-state index in [0.29, 0.717) is 0 Å². The Morgan fingerprint density at radius 2 is 1.00 bits per heavy atom. The van der Waals surface area contributed by atoms with Gasteiger partial charge in [-0.3, -0.25) is 4.55 Å². The fourth-order valence-electron chi connectivity index (χ4n) is 1.26. The van der Waals surface area contributed by atoms with Gasteiger partial charge < -0.3 is 6.15 Å². The van der Waals surface area contributed by atoms with E-state index in [2.05, 4.69) is 53.7 Å². The van der Waals surface area contributed by atoms with Crippen LogP contribution >= 0.6 is 0 Å². The van der Waals surface area contributed by atoms with Gasteiger partial charge in [0.1, 0.15) is 0 Å². The molecule has 0 amide bonds. The molecule has 0 heterocycles. The van der Waals surface area contributed by atoms with E-state index in [0.717, 1.165) is 0 Å². The quantitative estimate of drug-likeness (QED) is 0.688. The predicted molar refractivity (Wildman–Crippen MR) is 72.6 cm³/mol. The van der Waals surface area contributed by atoms with Crippen molar-refractivity contribution in [3.63, 3.8) is 0 Å². The number of hydrogen-bond acceptors (Lipinski definition) is 3. The normalized spacial score (nSPS) is 9.67. The van der Waals surface area contributed by atoms with Crippen LogP contribution in [0.3, 0.4) is 0 Å². The van der Waals surface area contributed by atoms with Crippen LogP contribution in [-0.2, 0) is 10.3 Å². The van der Waals surface area contributed by atoms with E-state index in [4.69, 9.17) is 13.0 Å². The summed E-state index contributed by atoms with van der Waals surface area (Å²) in [5, 5.41) is 3.88. The van der Waals surface area contributed by atoms with Crippen LogP contribution in [0.15, 0.2) is 60.7 Å². The summed E-state index contributed by atoms with van der Waals surface area (Å²) in [5.74, 6) is 0. The minimum absolute atomic E-state index is 0. The number of hydrogen-bond donors (Lipinski definition) is 3. The highest BCUT2D eigenvalue weighted by atomic mass is 32.2. The Kier molecular flexibility index (Phi) is 6.84. The molecule has 0 aliphatic rings. The Hall–Kier alpha value is -1.73. The molecule has 0 aliphatic heterocycles. The molecule has 0 saturated carbocycles. The molecule has 5 nitrogen and oxygen atoms in total. The third kappa shape index (κ3) is 7.53. The van der Waals surface area contributed by atoms with Gasteiger partial charge in [-0.15, -0.1) is 0 Å². The van der Waals surface area contributed by atoms with Crippen LogP contribution in [0.4, 0.5) is 0 Å². The highest BCUT2D eigenvalue weighted by Crippen LogP contribution is 2.17. The molecule has 0 saturated heterocycles. The minimum Gasteiger partial charge on any atom is -0.344 e. The molecular formula is C12H16N2O3S. The van der Waals surface area contributed by atoms with Gasteiger partial charge in [0.25, 0.3) is 0 Å². The van der Waals surface area contributed by atoms with E-state index < -0.39 is 10.3 Å². The molecule has 98 valence electrons. The van der Waals surface area contributed by atoms with Crippen molar-refractivity contribution >= 4 is 10.3 Å². The first-order valence-corrected chi connectivity index (χ1v) is 6.33. The van der Waals surface area contributed by atoms with Crippen molar-refractivity contribution in [3.8, 4) is 11.1 Å². The Bertz CT molecular complexity index is 497. The van der Waals surface area contributed by atoms with E-state index >= 15 is 0 Å². The molecule has 0 atom stereocenters. The Morgan fingerprint density at radius 3 is 1.22 bits per heavy atom. The Labute approximate surface area is 107 Å². The zero-order valence-corrected chi connectivity index (χ0v) is 10.5. The fourth-order valence-corrected chi connectivity index (χ4v) is 1.26. The molecule has 2 aromatic carbocycles. The van der Waals surface area contributed by atoms with Crippen LogP contribution in [0.2, 0.25) is 0 Å². The topological polar surface area (TPSA) is 115 Å². The number of rotatable bonds is 1. The summed E-state index contributed by atoms with van der Waals surface area (Å²) >= 11 is 0. The van der Waals surface area contributed by atoms with Gasteiger partial charge in [0.05, 0.1) is 0 Å². The van der Waals surface area contributed by atoms with E-state index in [9.17, 15) is 0 Å². The lowest BCUT2D eigenvalue weighted by molar-refractivity contribution is 0.485. The number of benzene rings is 2. The Balaban J connectivity index is 0.000000421. The maximum Gasteiger partial charge on any atom is 0.330 e. The smallest absolute Gasteiger partial charge is 0.330 e. The average molecular weight is 268 g/mol. The van der Waals surface area contributed by atoms with E-state index in [-0.39, 0.29) is 6.15 Å². The first kappa shape index (κ1) is 16.3. The van der Waals surface area contributed by atoms with Crippen molar-refractivity contribution in [1.82, 2.24) is 6.15 Å². The van der Waals surface area contributed by atoms with Crippen LogP contribution in [0.5, 0.6) is 0 Å². The lowest BCUT2D eigenvalue weighted by Crippen LogP contribution is -2.08. The molecule has 2 aromatic rings. The number of nitrogens with two attached hydrogens (primary N) is 1. The van der Waals surface area contributed by atoms with E-state index in [1.807, 2.05) is 12.1 Å². The van der Waals surface area contributed by atoms with Crippen LogP contribution in [0.25, 0.3) is 11.1 Å². The molecule has 0 aliphatic carbocycles. The fraction of sp³-hybridized carbons (Fsp3) is 0. The molecule has 6 heteroatoms. The summed E-state index contributed by atoms with van der Waals surface area (Å²) in [6, 6.07) is 20.8. The maximum absolute atomic E-state index is 8.97. The average Bonchev–Trinajstić information content (AvgIpc) is 2.29. The van der Waals surface area contributed by atoms with Crippen molar-refractivity contribution in [2.75, 3.05) is 0 Å². The van der Waals surface area contributed by atoms with Crippen molar-refractivity contribution in [1.29, 1.82) is 0 Å². The molecular weight excluding hydrogens is 252 g/mol. The third-order valence-electron chi connectivity index (χ3n) is 1.88. The third-order valence-corrected chi connectivity index (χ3v) is 1.88. The van der Waals surface area contributed by atoms with Gasteiger partial charge in [-0.1, -0.05) is 60.7 Å². The second kappa shape index (κ2) is 7.57.